The van der Waals surface area contributed by atoms with Crippen LogP contribution in [0.1, 0.15) is 36.6 Å². The second kappa shape index (κ2) is 9.00. The van der Waals surface area contributed by atoms with Gasteiger partial charge in [-0.1, -0.05) is 30.7 Å². The van der Waals surface area contributed by atoms with Gasteiger partial charge in [0.1, 0.15) is 5.82 Å². The molecule has 35 heavy (non-hydrogen) atoms. The van der Waals surface area contributed by atoms with Crippen molar-refractivity contribution >= 4 is 16.1 Å². The van der Waals surface area contributed by atoms with E-state index in [1.807, 2.05) is 16.9 Å². The van der Waals surface area contributed by atoms with E-state index in [9.17, 15) is 17.9 Å². The van der Waals surface area contributed by atoms with Crippen LogP contribution in [-0.4, -0.2) is 47.3 Å². The zero-order valence-electron chi connectivity index (χ0n) is 20.0. The summed E-state index contributed by atoms with van der Waals surface area (Å²) in [7, 11) is -3.74. The van der Waals surface area contributed by atoms with Gasteiger partial charge in [0.05, 0.1) is 29.1 Å². The smallest absolute Gasteiger partial charge is 0.243 e. The van der Waals surface area contributed by atoms with Gasteiger partial charge in [-0.25, -0.2) is 17.5 Å². The molecular weight excluding hydrogens is 465 g/mol. The number of aliphatic hydroxyl groups excluding tert-OH is 1. The van der Waals surface area contributed by atoms with Crippen LogP contribution in [0, 0.1) is 24.1 Å². The lowest BCUT2D eigenvalue weighted by Gasteiger charge is -2.38. The largest absolute Gasteiger partial charge is 0.395 e. The Morgan fingerprint density at radius 1 is 1.20 bits per heavy atom. The number of fused-ring (bicyclic) bond motifs is 2. The molecule has 0 saturated heterocycles. The molecule has 0 radical (unpaired) electrons. The summed E-state index contributed by atoms with van der Waals surface area (Å²) in [4.78, 5) is 0.291. The van der Waals surface area contributed by atoms with Gasteiger partial charge in [-0.05, 0) is 85.1 Å². The summed E-state index contributed by atoms with van der Waals surface area (Å²) in [6.45, 7) is 4.20. The van der Waals surface area contributed by atoms with Crippen molar-refractivity contribution in [1.29, 1.82) is 0 Å². The quantitative estimate of drug-likeness (QED) is 0.529. The third kappa shape index (κ3) is 4.13. The van der Waals surface area contributed by atoms with E-state index in [0.717, 1.165) is 36.2 Å². The first-order valence-electron chi connectivity index (χ1n) is 11.9. The van der Waals surface area contributed by atoms with Crippen molar-refractivity contribution in [3.63, 3.8) is 0 Å². The standard InChI is InChI=1S/C27H30FN3O3S/c1-19-5-3-4-6-26(19)35(33,34)30(13-14-32)18-22-8-7-21-15-25-20(16-27(21,22)2)17-29-31(25)24-11-9-23(28)10-12-24/h3-6,9-12,15,17,22,32H,7-8,13-14,16,18H2,1-2H3/t22-,27+/m1/s1. The van der Waals surface area contributed by atoms with Gasteiger partial charge in [-0.2, -0.15) is 9.40 Å². The van der Waals surface area contributed by atoms with Crippen LogP contribution in [0.25, 0.3) is 11.8 Å². The molecule has 0 aliphatic heterocycles. The first-order valence-corrected chi connectivity index (χ1v) is 13.4. The van der Waals surface area contributed by atoms with E-state index in [0.29, 0.717) is 17.0 Å². The molecule has 184 valence electrons. The van der Waals surface area contributed by atoms with E-state index in [2.05, 4.69) is 18.1 Å². The van der Waals surface area contributed by atoms with Gasteiger partial charge >= 0.3 is 0 Å². The summed E-state index contributed by atoms with van der Waals surface area (Å²) in [5, 5.41) is 14.3. The summed E-state index contributed by atoms with van der Waals surface area (Å²) in [6.07, 6.45) is 6.56. The van der Waals surface area contributed by atoms with Crippen molar-refractivity contribution < 1.29 is 17.9 Å². The number of hydrogen-bond acceptors (Lipinski definition) is 4. The molecule has 2 aromatic carbocycles. The fourth-order valence-corrected chi connectivity index (χ4v) is 7.37. The van der Waals surface area contributed by atoms with Crippen LogP contribution in [0.2, 0.25) is 0 Å². The highest BCUT2D eigenvalue weighted by atomic mass is 32.2. The van der Waals surface area contributed by atoms with E-state index >= 15 is 0 Å². The molecular formula is C27H30FN3O3S. The van der Waals surface area contributed by atoms with Crippen LogP contribution in [0.15, 0.2) is 65.2 Å². The number of halogens is 1. The maximum atomic E-state index is 13.5. The monoisotopic (exact) mass is 495 g/mol. The summed E-state index contributed by atoms with van der Waals surface area (Å²) in [5.41, 5.74) is 4.70. The number of nitrogens with zero attached hydrogens (tertiary/aromatic N) is 3. The van der Waals surface area contributed by atoms with Gasteiger partial charge < -0.3 is 5.11 Å². The highest BCUT2D eigenvalue weighted by Gasteiger charge is 2.47. The number of sulfonamides is 1. The molecule has 1 aromatic heterocycles. The summed E-state index contributed by atoms with van der Waals surface area (Å²) in [6, 6.07) is 13.3. The molecule has 2 atom stereocenters. The molecule has 1 N–H and O–H groups in total. The fraction of sp³-hybridized carbons (Fsp3) is 0.370. The van der Waals surface area contributed by atoms with E-state index in [-0.39, 0.29) is 30.3 Å². The minimum atomic E-state index is -3.74. The zero-order valence-corrected chi connectivity index (χ0v) is 20.8. The Kier molecular flexibility index (Phi) is 6.15. The minimum Gasteiger partial charge on any atom is -0.395 e. The van der Waals surface area contributed by atoms with E-state index in [1.165, 1.54) is 22.0 Å². The molecule has 0 spiro atoms. The Labute approximate surface area is 205 Å². The lowest BCUT2D eigenvalue weighted by atomic mass is 9.70. The predicted octanol–water partition coefficient (Wildman–Crippen LogP) is 4.36. The van der Waals surface area contributed by atoms with Crippen LogP contribution in [0.5, 0.6) is 0 Å². The Morgan fingerprint density at radius 2 is 1.94 bits per heavy atom. The Morgan fingerprint density at radius 3 is 2.66 bits per heavy atom. The third-order valence-corrected chi connectivity index (χ3v) is 9.73. The van der Waals surface area contributed by atoms with Gasteiger partial charge in [0.2, 0.25) is 10.0 Å². The second-order valence-electron chi connectivity index (χ2n) is 9.79. The number of rotatable bonds is 7. The molecule has 2 aliphatic rings. The highest BCUT2D eigenvalue weighted by Crippen LogP contribution is 2.53. The molecule has 0 amide bonds. The van der Waals surface area contributed by atoms with E-state index in [4.69, 9.17) is 0 Å². The maximum Gasteiger partial charge on any atom is 0.243 e. The average molecular weight is 496 g/mol. The third-order valence-electron chi connectivity index (χ3n) is 7.71. The van der Waals surface area contributed by atoms with Crippen molar-refractivity contribution in [2.45, 2.75) is 38.0 Å². The first-order chi connectivity index (χ1) is 16.7. The second-order valence-corrected chi connectivity index (χ2v) is 11.7. The van der Waals surface area contributed by atoms with Crippen LogP contribution in [0.4, 0.5) is 4.39 Å². The lowest BCUT2D eigenvalue weighted by molar-refractivity contribution is 0.194. The number of aromatic nitrogens is 2. The number of aryl methyl sites for hydroxylation is 1. The van der Waals surface area contributed by atoms with Crippen LogP contribution in [-0.2, 0) is 16.4 Å². The molecule has 0 bridgehead atoms. The molecule has 2 aliphatic carbocycles. The number of hydrogen-bond donors (Lipinski definition) is 1. The number of aliphatic hydroxyl groups is 1. The summed E-state index contributed by atoms with van der Waals surface area (Å²) < 4.78 is 43.8. The maximum absolute atomic E-state index is 13.5. The topological polar surface area (TPSA) is 75.4 Å². The van der Waals surface area contributed by atoms with Crippen LogP contribution >= 0.6 is 0 Å². The first kappa shape index (κ1) is 23.9. The summed E-state index contributed by atoms with van der Waals surface area (Å²) >= 11 is 0. The van der Waals surface area contributed by atoms with E-state index in [1.54, 1.807) is 37.3 Å². The SMILES string of the molecule is Cc1ccccc1S(=O)(=O)N(CCO)C[C@H]1CCC2=Cc3c(cnn3-c3ccc(F)cc3)C[C@@]21C. The molecule has 1 fully saturated rings. The Bertz CT molecular complexity index is 1380. The highest BCUT2D eigenvalue weighted by molar-refractivity contribution is 7.89. The van der Waals surface area contributed by atoms with Gasteiger partial charge in [0.15, 0.2) is 0 Å². The van der Waals surface area contributed by atoms with Crippen molar-refractivity contribution in [1.82, 2.24) is 14.1 Å². The Hall–Kier alpha value is -2.81. The zero-order chi connectivity index (χ0) is 24.8. The lowest BCUT2D eigenvalue weighted by Crippen LogP contribution is -2.42. The predicted molar refractivity (Wildman–Crippen MR) is 133 cm³/mol. The molecule has 1 heterocycles. The number of allylic oxidation sites excluding steroid dienone is 1. The normalized spacial score (nSPS) is 21.6. The van der Waals surface area contributed by atoms with Gasteiger partial charge in [-0.15, -0.1) is 0 Å². The van der Waals surface area contributed by atoms with E-state index < -0.39 is 10.0 Å². The van der Waals surface area contributed by atoms with Crippen LogP contribution in [0.3, 0.4) is 0 Å². The molecule has 8 heteroatoms. The van der Waals surface area contributed by atoms with Gasteiger partial charge in [0, 0.05) is 13.1 Å². The van der Waals surface area contributed by atoms with Crippen LogP contribution < -0.4 is 0 Å². The van der Waals surface area contributed by atoms with Gasteiger partial charge in [0.25, 0.3) is 0 Å². The molecule has 6 nitrogen and oxygen atoms in total. The van der Waals surface area contributed by atoms with Gasteiger partial charge in [-0.3, -0.25) is 0 Å². The Balaban J connectivity index is 1.44. The molecule has 5 rings (SSSR count). The van der Waals surface area contributed by atoms with Crippen molar-refractivity contribution in [2.75, 3.05) is 19.7 Å². The van der Waals surface area contributed by atoms with Crippen molar-refractivity contribution in [3.05, 3.63) is 82.9 Å². The summed E-state index contributed by atoms with van der Waals surface area (Å²) in [5.74, 6) is -0.172. The minimum absolute atomic E-state index is 0.0655. The molecule has 3 aromatic rings. The van der Waals surface area contributed by atoms with Crippen molar-refractivity contribution in [2.24, 2.45) is 11.3 Å². The molecule has 0 unspecified atom stereocenters. The fourth-order valence-electron chi connectivity index (χ4n) is 5.67. The number of benzene rings is 2. The average Bonchev–Trinajstić information content (AvgIpc) is 3.37. The van der Waals surface area contributed by atoms with Crippen molar-refractivity contribution in [3.8, 4) is 5.69 Å². The molecule has 1 saturated carbocycles.